The van der Waals surface area contributed by atoms with Gasteiger partial charge >= 0.3 is 0 Å². The van der Waals surface area contributed by atoms with E-state index in [1.165, 1.54) is 41.5 Å². The zero-order valence-corrected chi connectivity index (χ0v) is 11.2. The fraction of sp³-hybridized carbons (Fsp3) is 0.750. The van der Waals surface area contributed by atoms with Gasteiger partial charge in [0, 0.05) is 23.9 Å². The molecule has 1 aromatic rings. The number of thiazole rings is 1. The number of likely N-dealkylation sites (N-methyl/N-ethyl adjacent to an activating group) is 1. The molecule has 1 aromatic heterocycles. The van der Waals surface area contributed by atoms with Gasteiger partial charge in [-0.25, -0.2) is 4.98 Å². The van der Waals surface area contributed by atoms with Gasteiger partial charge in [-0.15, -0.1) is 11.3 Å². The molecule has 0 bridgehead atoms. The highest BCUT2D eigenvalue weighted by atomic mass is 32.1. The fourth-order valence-electron chi connectivity index (χ4n) is 2.32. The largest absolute Gasteiger partial charge is 0.315 e. The molecule has 1 atom stereocenters. The highest BCUT2D eigenvalue weighted by Gasteiger charge is 2.22. The van der Waals surface area contributed by atoms with Gasteiger partial charge in [0.1, 0.15) is 0 Å². The van der Waals surface area contributed by atoms with Crippen LogP contribution in [-0.2, 0) is 6.54 Å². The lowest BCUT2D eigenvalue weighted by atomic mass is 9.99. The fourth-order valence-corrected chi connectivity index (χ4v) is 3.52. The van der Waals surface area contributed by atoms with Gasteiger partial charge < -0.3 is 10.2 Å². The molecule has 16 heavy (non-hydrogen) atoms. The normalized spacial score (nSPS) is 22.6. The summed E-state index contributed by atoms with van der Waals surface area (Å²) >= 11 is 1.89. The van der Waals surface area contributed by atoms with Crippen molar-refractivity contribution >= 4 is 11.3 Å². The van der Waals surface area contributed by atoms with Gasteiger partial charge in [-0.3, -0.25) is 0 Å². The third-order valence-electron chi connectivity index (χ3n) is 3.22. The molecule has 1 aliphatic rings. The van der Waals surface area contributed by atoms with Gasteiger partial charge in [0.15, 0.2) is 0 Å². The van der Waals surface area contributed by atoms with Gasteiger partial charge in [0.05, 0.1) is 10.7 Å². The molecule has 1 unspecified atom stereocenters. The van der Waals surface area contributed by atoms with Crippen molar-refractivity contribution in [2.75, 3.05) is 27.2 Å². The molecular formula is C12H21N3S. The van der Waals surface area contributed by atoms with Crippen LogP contribution in [0.1, 0.15) is 34.3 Å². The molecule has 2 rings (SSSR count). The van der Waals surface area contributed by atoms with Crippen LogP contribution in [0, 0.1) is 6.92 Å². The summed E-state index contributed by atoms with van der Waals surface area (Å²) in [5.41, 5.74) is 1.21. The van der Waals surface area contributed by atoms with E-state index in [0.717, 1.165) is 6.54 Å². The Balaban J connectivity index is 2.10. The van der Waals surface area contributed by atoms with E-state index in [0.29, 0.717) is 5.92 Å². The minimum absolute atomic E-state index is 0.660. The molecule has 1 N–H and O–H groups in total. The van der Waals surface area contributed by atoms with Crippen molar-refractivity contribution in [2.24, 2.45) is 0 Å². The van der Waals surface area contributed by atoms with Crippen LogP contribution in [0.5, 0.6) is 0 Å². The zero-order valence-electron chi connectivity index (χ0n) is 10.4. The van der Waals surface area contributed by atoms with Crippen molar-refractivity contribution in [2.45, 2.75) is 32.2 Å². The Morgan fingerprint density at radius 3 is 3.06 bits per heavy atom. The molecule has 0 radical (unpaired) electrons. The molecule has 0 spiro atoms. The monoisotopic (exact) mass is 239 g/mol. The lowest BCUT2D eigenvalue weighted by molar-refractivity contribution is 0.250. The van der Waals surface area contributed by atoms with Gasteiger partial charge in [-0.1, -0.05) is 0 Å². The molecule has 0 aliphatic carbocycles. The van der Waals surface area contributed by atoms with E-state index in [1.54, 1.807) is 0 Å². The maximum atomic E-state index is 4.74. The Morgan fingerprint density at radius 1 is 1.56 bits per heavy atom. The van der Waals surface area contributed by atoms with Crippen molar-refractivity contribution in [1.29, 1.82) is 0 Å². The molecule has 4 heteroatoms. The molecule has 1 fully saturated rings. The van der Waals surface area contributed by atoms with E-state index in [1.807, 2.05) is 18.4 Å². The maximum Gasteiger partial charge on any atom is 0.0975 e. The third kappa shape index (κ3) is 2.62. The number of rotatable bonds is 3. The first kappa shape index (κ1) is 12.0. The van der Waals surface area contributed by atoms with Crippen LogP contribution in [-0.4, -0.2) is 37.1 Å². The summed E-state index contributed by atoms with van der Waals surface area (Å²) in [4.78, 5) is 8.55. The molecular weight excluding hydrogens is 218 g/mol. The molecule has 2 heterocycles. The van der Waals surface area contributed by atoms with Crippen molar-refractivity contribution in [3.05, 3.63) is 15.6 Å². The van der Waals surface area contributed by atoms with Crippen LogP contribution < -0.4 is 5.32 Å². The number of likely N-dealkylation sites (tertiary alicyclic amines) is 1. The number of aromatic nitrogens is 1. The minimum atomic E-state index is 0.660. The van der Waals surface area contributed by atoms with Crippen LogP contribution in [0.25, 0.3) is 0 Å². The van der Waals surface area contributed by atoms with Crippen molar-refractivity contribution in [3.8, 4) is 0 Å². The van der Waals surface area contributed by atoms with E-state index >= 15 is 0 Å². The van der Waals surface area contributed by atoms with E-state index in [9.17, 15) is 0 Å². The Bertz CT molecular complexity index is 348. The summed E-state index contributed by atoms with van der Waals surface area (Å²) in [5, 5.41) is 4.55. The first-order valence-electron chi connectivity index (χ1n) is 6.00. The smallest absolute Gasteiger partial charge is 0.0975 e. The number of piperidine rings is 1. The lowest BCUT2D eigenvalue weighted by Gasteiger charge is -2.28. The van der Waals surface area contributed by atoms with E-state index in [-0.39, 0.29) is 0 Å². The number of aryl methyl sites for hydroxylation is 1. The molecule has 1 saturated heterocycles. The highest BCUT2D eigenvalue weighted by Crippen LogP contribution is 2.31. The molecule has 0 saturated carbocycles. The Morgan fingerprint density at radius 2 is 2.38 bits per heavy atom. The minimum Gasteiger partial charge on any atom is -0.315 e. The van der Waals surface area contributed by atoms with Crippen LogP contribution in [0.2, 0.25) is 0 Å². The van der Waals surface area contributed by atoms with Gasteiger partial charge in [-0.05, 0) is 40.4 Å². The summed E-state index contributed by atoms with van der Waals surface area (Å²) in [6.07, 6.45) is 2.61. The lowest BCUT2D eigenvalue weighted by Crippen LogP contribution is -2.30. The second-order valence-corrected chi connectivity index (χ2v) is 5.81. The Labute approximate surface area is 102 Å². The highest BCUT2D eigenvalue weighted by molar-refractivity contribution is 7.11. The second kappa shape index (κ2) is 5.25. The molecule has 0 aromatic carbocycles. The van der Waals surface area contributed by atoms with E-state index < -0.39 is 0 Å². The molecule has 0 amide bonds. The summed E-state index contributed by atoms with van der Waals surface area (Å²) in [6, 6.07) is 0. The average molecular weight is 239 g/mol. The van der Waals surface area contributed by atoms with Crippen LogP contribution in [0.4, 0.5) is 0 Å². The third-order valence-corrected chi connectivity index (χ3v) is 4.54. The maximum absolute atomic E-state index is 4.74. The summed E-state index contributed by atoms with van der Waals surface area (Å²) in [6.45, 7) is 5.49. The van der Waals surface area contributed by atoms with E-state index in [2.05, 4.69) is 24.2 Å². The Kier molecular flexibility index (Phi) is 3.95. The number of hydrogen-bond donors (Lipinski definition) is 1. The van der Waals surface area contributed by atoms with Gasteiger partial charge in [0.2, 0.25) is 0 Å². The molecule has 90 valence electrons. The van der Waals surface area contributed by atoms with Crippen LogP contribution in [0.3, 0.4) is 0 Å². The van der Waals surface area contributed by atoms with E-state index in [4.69, 9.17) is 4.98 Å². The summed E-state index contributed by atoms with van der Waals surface area (Å²) in [7, 11) is 4.20. The number of hydrogen-bond acceptors (Lipinski definition) is 4. The predicted molar refractivity (Wildman–Crippen MR) is 69.1 cm³/mol. The first-order chi connectivity index (χ1) is 7.70. The topological polar surface area (TPSA) is 28.2 Å². The van der Waals surface area contributed by atoms with Crippen molar-refractivity contribution < 1.29 is 0 Å². The predicted octanol–water partition coefficient (Wildman–Crippen LogP) is 1.98. The summed E-state index contributed by atoms with van der Waals surface area (Å²) < 4.78 is 0. The van der Waals surface area contributed by atoms with Crippen molar-refractivity contribution in [3.63, 3.8) is 0 Å². The second-order valence-electron chi connectivity index (χ2n) is 4.69. The summed E-state index contributed by atoms with van der Waals surface area (Å²) in [5.74, 6) is 0.660. The quantitative estimate of drug-likeness (QED) is 0.874. The molecule has 1 aliphatic heterocycles. The standard InChI is InChI=1S/C12H21N3S/c1-9-11(7-13-2)16-12(14-9)10-5-4-6-15(3)8-10/h10,13H,4-8H2,1-3H3. The van der Waals surface area contributed by atoms with Crippen LogP contribution in [0.15, 0.2) is 0 Å². The number of nitrogens with zero attached hydrogens (tertiary/aromatic N) is 2. The van der Waals surface area contributed by atoms with Crippen LogP contribution >= 0.6 is 11.3 Å². The van der Waals surface area contributed by atoms with Gasteiger partial charge in [-0.2, -0.15) is 0 Å². The SMILES string of the molecule is CNCc1sc(C2CCCN(C)C2)nc1C. The Hall–Kier alpha value is -0.450. The van der Waals surface area contributed by atoms with Gasteiger partial charge in [0.25, 0.3) is 0 Å². The first-order valence-corrected chi connectivity index (χ1v) is 6.81. The number of nitrogens with one attached hydrogen (secondary N) is 1. The van der Waals surface area contributed by atoms with Crippen molar-refractivity contribution in [1.82, 2.24) is 15.2 Å². The molecule has 3 nitrogen and oxygen atoms in total. The average Bonchev–Trinajstić information content (AvgIpc) is 2.61. The zero-order chi connectivity index (χ0) is 11.5.